The van der Waals surface area contributed by atoms with Gasteiger partial charge in [0.25, 0.3) is 0 Å². The molecule has 0 aliphatic heterocycles. The molecule has 0 saturated heterocycles. The van der Waals surface area contributed by atoms with Gasteiger partial charge in [0, 0.05) is 0 Å². The quantitative estimate of drug-likeness (QED) is 0.0359. The van der Waals surface area contributed by atoms with Crippen LogP contribution in [0, 0.1) is 0 Å². The Morgan fingerprint density at radius 3 is 0.378 bits per heavy atom. The van der Waals surface area contributed by atoms with Crippen LogP contribution >= 0.6 is 0 Å². The topological polar surface area (TPSA) is 357 Å². The molecule has 0 saturated carbocycles. The molecule has 0 aromatic heterocycles. The summed E-state index contributed by atoms with van der Waals surface area (Å²) in [6, 6.07) is 0. The first-order valence-corrected chi connectivity index (χ1v) is 37.6. The second-order valence-corrected chi connectivity index (χ2v) is 25.8. The minimum Gasteiger partial charge on any atom is -0.330 e. The number of nitrogens with zero attached hydrogens (tertiary/aromatic N) is 10. The Morgan fingerprint density at radius 1 is 0.122 bits per heavy atom. The number of rotatable bonds is 77. The third kappa shape index (κ3) is 57.3. The minimum atomic E-state index is 0.731. The molecule has 0 radical (unpaired) electrons. The first-order valence-electron chi connectivity index (χ1n) is 37.6. The van der Waals surface area contributed by atoms with Gasteiger partial charge in [-0.1, -0.05) is 0 Å². The largest absolute Gasteiger partial charge is 0.330 e. The van der Waals surface area contributed by atoms with Gasteiger partial charge in [-0.15, -0.1) is 0 Å². The summed E-state index contributed by atoms with van der Waals surface area (Å²) in [5.74, 6) is 0. The molecular formula is C67H159N23. The van der Waals surface area contributed by atoms with Gasteiger partial charge in [-0.25, -0.2) is 0 Å². The highest BCUT2D eigenvalue weighted by molar-refractivity contribution is 4.73. The van der Waals surface area contributed by atoms with E-state index in [1.165, 1.54) is 38.5 Å². The number of nitrogens with two attached hydrogens (primary N) is 12. The number of nitrogens with one attached hydrogen (secondary N) is 1. The van der Waals surface area contributed by atoms with Crippen molar-refractivity contribution < 1.29 is 0 Å². The lowest BCUT2D eigenvalue weighted by Crippen LogP contribution is -2.38. The van der Waals surface area contributed by atoms with Crippen molar-refractivity contribution >= 4 is 0 Å². The fourth-order valence-electron chi connectivity index (χ4n) is 12.4. The molecule has 0 heterocycles. The van der Waals surface area contributed by atoms with Crippen LogP contribution in [0.2, 0.25) is 0 Å². The van der Waals surface area contributed by atoms with E-state index in [0.29, 0.717) is 0 Å². The molecule has 90 heavy (non-hydrogen) atoms. The van der Waals surface area contributed by atoms with Gasteiger partial charge in [-0.05, 0) is 436 Å². The van der Waals surface area contributed by atoms with E-state index < -0.39 is 0 Å². The molecule has 0 unspecified atom stereocenters. The van der Waals surface area contributed by atoms with E-state index in [-0.39, 0.29) is 0 Å². The molecule has 0 aromatic carbocycles. The van der Waals surface area contributed by atoms with Crippen LogP contribution in [-0.4, -0.2) is 337 Å². The van der Waals surface area contributed by atoms with Gasteiger partial charge in [-0.2, -0.15) is 0 Å². The molecular weight excluding hydrogens is 1130 g/mol. The van der Waals surface area contributed by atoms with E-state index in [2.05, 4.69) is 54.3 Å². The lowest BCUT2D eigenvalue weighted by molar-refractivity contribution is 0.180. The Labute approximate surface area is 556 Å². The van der Waals surface area contributed by atoms with E-state index in [9.17, 15) is 0 Å². The molecule has 25 N–H and O–H groups in total. The standard InChI is InChI=1S/C67H159N23/c68-24-3-39-82(40-4-25-69)54-18-60-88(61-19-55-83(41-5-26-70)42-6-27-71)51-15-37-80-36-1-2-38-81(52-16-62-89(64-20-56-84(43-7-28-72)44-8-29-73)65-21-57-85(45-9-30-74)46-10-31-75)53-17-63-90(66-22-58-86(47-11-32-76)48-12-33-77)67-23-59-87(49-13-34-78)50-14-35-79/h80H,1-79H2. The van der Waals surface area contributed by atoms with Crippen LogP contribution in [-0.2, 0) is 0 Å². The summed E-state index contributed by atoms with van der Waals surface area (Å²) >= 11 is 0. The van der Waals surface area contributed by atoms with E-state index in [4.69, 9.17) is 68.8 Å². The maximum Gasteiger partial charge on any atom is -0.000653 e. The van der Waals surface area contributed by atoms with Crippen molar-refractivity contribution in [3.63, 3.8) is 0 Å². The highest BCUT2D eigenvalue weighted by Gasteiger charge is 2.16. The van der Waals surface area contributed by atoms with Crippen LogP contribution in [0.25, 0.3) is 0 Å². The summed E-state index contributed by atoms with van der Waals surface area (Å²) in [7, 11) is 0. The predicted octanol–water partition coefficient (Wildman–Crippen LogP) is 0.0727. The molecule has 0 rings (SSSR count). The molecule has 0 aromatic rings. The third-order valence-electron chi connectivity index (χ3n) is 17.6. The van der Waals surface area contributed by atoms with E-state index in [1.54, 1.807) is 0 Å². The second kappa shape index (κ2) is 70.9. The molecule has 0 fully saturated rings. The summed E-state index contributed by atoms with van der Waals surface area (Å²) in [5, 5.41) is 3.89. The zero-order chi connectivity index (χ0) is 65.9. The van der Waals surface area contributed by atoms with Crippen molar-refractivity contribution in [1.82, 2.24) is 54.3 Å². The van der Waals surface area contributed by atoms with Crippen molar-refractivity contribution in [2.24, 2.45) is 68.8 Å². The van der Waals surface area contributed by atoms with Gasteiger partial charge < -0.3 is 123 Å². The molecule has 0 aliphatic rings. The number of unbranched alkanes of at least 4 members (excludes halogenated alkanes) is 1. The Morgan fingerprint density at radius 2 is 0.233 bits per heavy atom. The first kappa shape index (κ1) is 89.1. The van der Waals surface area contributed by atoms with Crippen molar-refractivity contribution in [3.8, 4) is 0 Å². The van der Waals surface area contributed by atoms with E-state index >= 15 is 0 Å². The molecule has 23 nitrogen and oxygen atoms in total. The lowest BCUT2D eigenvalue weighted by atomic mass is 10.2. The fraction of sp³-hybridized carbons (Fsp3) is 1.00. The molecule has 0 bridgehead atoms. The summed E-state index contributed by atoms with van der Waals surface area (Å²) in [6.45, 7) is 43.6. The van der Waals surface area contributed by atoms with E-state index in [1.807, 2.05) is 0 Å². The van der Waals surface area contributed by atoms with Crippen molar-refractivity contribution in [1.29, 1.82) is 0 Å². The van der Waals surface area contributed by atoms with Gasteiger partial charge in [-0.3, -0.25) is 0 Å². The predicted molar refractivity (Wildman–Crippen MR) is 392 cm³/mol. The second-order valence-electron chi connectivity index (χ2n) is 25.8. The molecule has 0 spiro atoms. The molecule has 0 aliphatic carbocycles. The van der Waals surface area contributed by atoms with Crippen LogP contribution in [0.3, 0.4) is 0 Å². The van der Waals surface area contributed by atoms with Gasteiger partial charge in [0.05, 0.1) is 0 Å². The highest BCUT2D eigenvalue weighted by Crippen LogP contribution is 2.10. The molecule has 0 atom stereocenters. The SMILES string of the molecule is NCCCN(CCCN)CCCN(CCCNCCCCN(CCCN(CCCN(CCCN)CCCN)CCCN(CCCN)CCCN)CCCN(CCCN(CCCN)CCCN)CCCN(CCCN)CCCN)CCCN(CCCN)CCCN. The summed E-state index contributed by atoms with van der Waals surface area (Å²) < 4.78 is 0. The lowest BCUT2D eigenvalue weighted by Gasteiger charge is -2.30. The van der Waals surface area contributed by atoms with Crippen LogP contribution in [0.15, 0.2) is 0 Å². The molecule has 23 heteroatoms. The van der Waals surface area contributed by atoms with Gasteiger partial charge in [0.1, 0.15) is 0 Å². The van der Waals surface area contributed by atoms with Crippen LogP contribution < -0.4 is 74.1 Å². The average molecular weight is 1290 g/mol. The monoisotopic (exact) mass is 1290 g/mol. The van der Waals surface area contributed by atoms with E-state index in [0.717, 1.165) is 397 Å². The summed E-state index contributed by atoms with van der Waals surface area (Å²) in [5.41, 5.74) is 71.6. The normalized spacial score (nSPS) is 12.5. The Kier molecular flexibility index (Phi) is 70.1. The summed E-state index contributed by atoms with van der Waals surface area (Å²) in [4.78, 5) is 26.6. The Bertz CT molecular complexity index is 1180. The average Bonchev–Trinajstić information content (AvgIpc) is 3.74. The summed E-state index contributed by atoms with van der Waals surface area (Å²) in [6.07, 6.45) is 25.3. The molecule has 0 amide bonds. The highest BCUT2D eigenvalue weighted by atomic mass is 15.2. The van der Waals surface area contributed by atoms with Crippen LogP contribution in [0.4, 0.5) is 0 Å². The van der Waals surface area contributed by atoms with Gasteiger partial charge in [0.15, 0.2) is 0 Å². The number of hydrogen-bond acceptors (Lipinski definition) is 23. The Balaban J connectivity index is 6.34. The Hall–Kier alpha value is -0.920. The van der Waals surface area contributed by atoms with Crippen molar-refractivity contribution in [2.75, 3.05) is 288 Å². The van der Waals surface area contributed by atoms with Crippen molar-refractivity contribution in [2.45, 2.75) is 148 Å². The first-order chi connectivity index (χ1) is 44.2. The van der Waals surface area contributed by atoms with Crippen LogP contribution in [0.5, 0.6) is 0 Å². The zero-order valence-electron chi connectivity index (χ0n) is 59.3. The zero-order valence-corrected chi connectivity index (χ0v) is 59.3. The van der Waals surface area contributed by atoms with Gasteiger partial charge >= 0.3 is 0 Å². The third-order valence-corrected chi connectivity index (χ3v) is 17.6. The number of hydrogen-bond donors (Lipinski definition) is 13. The maximum absolute atomic E-state index is 5.99. The minimum absolute atomic E-state index is 0.731. The van der Waals surface area contributed by atoms with Gasteiger partial charge in [0.2, 0.25) is 0 Å². The smallest absolute Gasteiger partial charge is 0.000653 e. The fourth-order valence-corrected chi connectivity index (χ4v) is 12.4. The van der Waals surface area contributed by atoms with Crippen molar-refractivity contribution in [3.05, 3.63) is 0 Å². The van der Waals surface area contributed by atoms with Crippen LogP contribution in [0.1, 0.15) is 148 Å². The maximum atomic E-state index is 5.99. The molecule has 542 valence electrons.